The van der Waals surface area contributed by atoms with Crippen LogP contribution in [0.4, 0.5) is 0 Å². The maximum atomic E-state index is 5.58. The zero-order valence-corrected chi connectivity index (χ0v) is 10.9. The van der Waals surface area contributed by atoms with Gasteiger partial charge in [0.05, 0.1) is 0 Å². The Morgan fingerprint density at radius 2 is 1.33 bits per heavy atom. The van der Waals surface area contributed by atoms with E-state index in [1.54, 1.807) is 0 Å². The van der Waals surface area contributed by atoms with Gasteiger partial charge in [0, 0.05) is 0 Å². The summed E-state index contributed by atoms with van der Waals surface area (Å²) in [4.78, 5) is 0. The molecule has 0 aliphatic rings. The van der Waals surface area contributed by atoms with Gasteiger partial charge >= 0.3 is 0 Å². The van der Waals surface area contributed by atoms with E-state index in [1.165, 1.54) is 64.2 Å². The fourth-order valence-corrected chi connectivity index (χ4v) is 2.19. The van der Waals surface area contributed by atoms with Crippen molar-refractivity contribution in [1.82, 2.24) is 0 Å². The van der Waals surface area contributed by atoms with Crippen molar-refractivity contribution >= 4 is 0 Å². The van der Waals surface area contributed by atoms with Gasteiger partial charge < -0.3 is 5.73 Å². The van der Waals surface area contributed by atoms with E-state index in [2.05, 4.69) is 13.8 Å². The van der Waals surface area contributed by atoms with E-state index < -0.39 is 0 Å². The maximum absolute atomic E-state index is 5.58. The molecular formula is C14H31N. The summed E-state index contributed by atoms with van der Waals surface area (Å²) in [6.07, 6.45) is 13.8. The summed E-state index contributed by atoms with van der Waals surface area (Å²) in [6, 6.07) is 0. The predicted molar refractivity (Wildman–Crippen MR) is 70.1 cm³/mol. The molecule has 0 aliphatic carbocycles. The molecule has 0 aromatic heterocycles. The number of rotatable bonds is 11. The highest BCUT2D eigenvalue weighted by Crippen LogP contribution is 2.21. The second-order valence-corrected chi connectivity index (χ2v) is 4.79. The van der Waals surface area contributed by atoms with E-state index in [1.807, 2.05) is 0 Å². The molecule has 0 amide bonds. The molecule has 0 radical (unpaired) electrons. The van der Waals surface area contributed by atoms with Crippen molar-refractivity contribution in [2.45, 2.75) is 78.1 Å². The summed E-state index contributed by atoms with van der Waals surface area (Å²) in [5.74, 6) is 0.963. The molecule has 0 saturated heterocycles. The maximum Gasteiger partial charge on any atom is -0.00772 e. The first-order valence-electron chi connectivity index (χ1n) is 7.05. The number of unbranched alkanes of at least 4 members (excludes halogenated alkanes) is 4. The summed E-state index contributed by atoms with van der Waals surface area (Å²) in [7, 11) is 0. The van der Waals surface area contributed by atoms with Crippen molar-refractivity contribution in [2.24, 2.45) is 11.7 Å². The fraction of sp³-hybridized carbons (Fsp3) is 1.00. The third-order valence-corrected chi connectivity index (χ3v) is 3.25. The highest BCUT2D eigenvalue weighted by molar-refractivity contribution is 4.60. The van der Waals surface area contributed by atoms with Gasteiger partial charge in [-0.2, -0.15) is 0 Å². The van der Waals surface area contributed by atoms with Crippen LogP contribution >= 0.6 is 0 Å². The second-order valence-electron chi connectivity index (χ2n) is 4.79. The Morgan fingerprint density at radius 3 is 1.93 bits per heavy atom. The van der Waals surface area contributed by atoms with Crippen LogP contribution in [0.25, 0.3) is 0 Å². The van der Waals surface area contributed by atoms with Crippen molar-refractivity contribution in [3.63, 3.8) is 0 Å². The zero-order chi connectivity index (χ0) is 11.4. The van der Waals surface area contributed by atoms with E-state index in [0.29, 0.717) is 0 Å². The van der Waals surface area contributed by atoms with E-state index in [4.69, 9.17) is 5.73 Å². The molecule has 1 heteroatoms. The smallest absolute Gasteiger partial charge is 0.00772 e. The lowest BCUT2D eigenvalue weighted by atomic mass is 9.91. The van der Waals surface area contributed by atoms with Crippen LogP contribution in [0.3, 0.4) is 0 Å². The lowest BCUT2D eigenvalue weighted by molar-refractivity contribution is 0.381. The molecule has 0 fully saturated rings. The lowest BCUT2D eigenvalue weighted by Gasteiger charge is -2.15. The topological polar surface area (TPSA) is 26.0 Å². The molecule has 1 unspecified atom stereocenters. The Kier molecular flexibility index (Phi) is 12.0. The SMILES string of the molecule is CCCCCCC(CCCC)CCCN. The highest BCUT2D eigenvalue weighted by atomic mass is 14.5. The van der Waals surface area contributed by atoms with Gasteiger partial charge in [-0.25, -0.2) is 0 Å². The first kappa shape index (κ1) is 15.0. The van der Waals surface area contributed by atoms with Gasteiger partial charge in [0.25, 0.3) is 0 Å². The molecule has 0 aliphatic heterocycles. The minimum absolute atomic E-state index is 0.873. The average molecular weight is 213 g/mol. The summed E-state index contributed by atoms with van der Waals surface area (Å²) >= 11 is 0. The molecule has 0 heterocycles. The normalized spacial score (nSPS) is 13.0. The summed E-state index contributed by atoms with van der Waals surface area (Å²) in [5, 5.41) is 0. The Hall–Kier alpha value is -0.0400. The molecule has 0 aromatic rings. The van der Waals surface area contributed by atoms with Crippen LogP contribution in [-0.4, -0.2) is 6.54 Å². The van der Waals surface area contributed by atoms with Gasteiger partial charge in [-0.3, -0.25) is 0 Å². The van der Waals surface area contributed by atoms with Crippen LogP contribution in [-0.2, 0) is 0 Å². The third-order valence-electron chi connectivity index (χ3n) is 3.25. The van der Waals surface area contributed by atoms with E-state index in [9.17, 15) is 0 Å². The van der Waals surface area contributed by atoms with Crippen LogP contribution in [0.2, 0.25) is 0 Å². The van der Waals surface area contributed by atoms with Gasteiger partial charge in [0.1, 0.15) is 0 Å². The Labute approximate surface area is 96.8 Å². The zero-order valence-electron chi connectivity index (χ0n) is 10.9. The van der Waals surface area contributed by atoms with Crippen molar-refractivity contribution in [2.75, 3.05) is 6.54 Å². The molecule has 15 heavy (non-hydrogen) atoms. The minimum Gasteiger partial charge on any atom is -0.330 e. The standard InChI is InChI=1S/C14H31N/c1-3-5-7-8-11-14(10-6-4-2)12-9-13-15/h14H,3-13,15H2,1-2H3. The molecule has 1 atom stereocenters. The van der Waals surface area contributed by atoms with Crippen LogP contribution in [0.1, 0.15) is 78.1 Å². The van der Waals surface area contributed by atoms with Gasteiger partial charge in [0.2, 0.25) is 0 Å². The molecule has 0 bridgehead atoms. The lowest BCUT2D eigenvalue weighted by Crippen LogP contribution is -2.06. The Bertz CT molecular complexity index is 104. The first-order valence-corrected chi connectivity index (χ1v) is 7.05. The molecule has 0 rings (SSSR count). The van der Waals surface area contributed by atoms with Crippen molar-refractivity contribution < 1.29 is 0 Å². The molecule has 92 valence electrons. The van der Waals surface area contributed by atoms with Crippen molar-refractivity contribution in [3.8, 4) is 0 Å². The quantitative estimate of drug-likeness (QED) is 0.502. The monoisotopic (exact) mass is 213 g/mol. The summed E-state index contributed by atoms with van der Waals surface area (Å²) in [6.45, 7) is 5.44. The van der Waals surface area contributed by atoms with Crippen LogP contribution in [0.5, 0.6) is 0 Å². The number of hydrogen-bond acceptors (Lipinski definition) is 1. The van der Waals surface area contributed by atoms with Crippen molar-refractivity contribution in [1.29, 1.82) is 0 Å². The Balaban J connectivity index is 3.49. The number of nitrogens with two attached hydrogens (primary N) is 1. The summed E-state index contributed by atoms with van der Waals surface area (Å²) in [5.41, 5.74) is 5.58. The predicted octanol–water partition coefficient (Wildman–Crippen LogP) is 4.50. The fourth-order valence-electron chi connectivity index (χ4n) is 2.19. The van der Waals surface area contributed by atoms with Crippen LogP contribution in [0.15, 0.2) is 0 Å². The van der Waals surface area contributed by atoms with Gasteiger partial charge in [-0.15, -0.1) is 0 Å². The third kappa shape index (κ3) is 10.2. The molecule has 2 N–H and O–H groups in total. The van der Waals surface area contributed by atoms with E-state index >= 15 is 0 Å². The second kappa shape index (κ2) is 12.0. The molecule has 1 nitrogen and oxygen atoms in total. The summed E-state index contributed by atoms with van der Waals surface area (Å²) < 4.78 is 0. The Morgan fingerprint density at radius 1 is 0.733 bits per heavy atom. The molecular weight excluding hydrogens is 182 g/mol. The molecule has 0 spiro atoms. The first-order chi connectivity index (χ1) is 7.35. The molecule has 0 aromatic carbocycles. The number of hydrogen-bond donors (Lipinski definition) is 1. The van der Waals surface area contributed by atoms with Crippen LogP contribution in [0, 0.1) is 5.92 Å². The molecule has 0 saturated carbocycles. The van der Waals surface area contributed by atoms with E-state index in [-0.39, 0.29) is 0 Å². The average Bonchev–Trinajstić information content (AvgIpc) is 2.27. The van der Waals surface area contributed by atoms with Crippen LogP contribution < -0.4 is 5.73 Å². The minimum atomic E-state index is 0.873. The van der Waals surface area contributed by atoms with Gasteiger partial charge in [-0.1, -0.05) is 65.2 Å². The van der Waals surface area contributed by atoms with Crippen molar-refractivity contribution in [3.05, 3.63) is 0 Å². The van der Waals surface area contributed by atoms with Gasteiger partial charge in [-0.05, 0) is 25.3 Å². The van der Waals surface area contributed by atoms with Gasteiger partial charge in [0.15, 0.2) is 0 Å². The largest absolute Gasteiger partial charge is 0.330 e. The van der Waals surface area contributed by atoms with E-state index in [0.717, 1.165) is 12.5 Å². The highest BCUT2D eigenvalue weighted by Gasteiger charge is 2.07.